The van der Waals surface area contributed by atoms with Gasteiger partial charge in [0.15, 0.2) is 5.82 Å². The van der Waals surface area contributed by atoms with Gasteiger partial charge in [0.2, 0.25) is 5.91 Å². The minimum absolute atomic E-state index is 0.0662. The Labute approximate surface area is 222 Å². The Balaban J connectivity index is 1.39. The molecule has 0 aliphatic carbocycles. The quantitative estimate of drug-likeness (QED) is 0.236. The standard InChI is InChI=1S/C28H26ClFN4O4/c1-28(2,3)38-27(37)21-12-14-10-16(4-8-20(14)33-21)32-26(36)22-9-5-17-11-15(13-23(35)34(17)22)24-19(31)7-6-18(29)25(24)30/h4,6-8,10-13,22,33H,5,9,31H2,1-3H3,(H,32,36)/t22-/m0/s1. The molecule has 4 aromatic rings. The summed E-state index contributed by atoms with van der Waals surface area (Å²) in [4.78, 5) is 41.7. The number of amides is 1. The molecule has 1 aliphatic rings. The highest BCUT2D eigenvalue weighted by Crippen LogP contribution is 2.35. The molecule has 2 aromatic carbocycles. The molecular weight excluding hydrogens is 511 g/mol. The molecule has 4 N–H and O–H groups in total. The summed E-state index contributed by atoms with van der Waals surface area (Å²) in [7, 11) is 0. The topological polar surface area (TPSA) is 119 Å². The number of anilines is 2. The summed E-state index contributed by atoms with van der Waals surface area (Å²) >= 11 is 5.92. The summed E-state index contributed by atoms with van der Waals surface area (Å²) in [5, 5.41) is 3.49. The lowest BCUT2D eigenvalue weighted by molar-refractivity contribution is -0.119. The molecule has 0 spiro atoms. The number of ether oxygens (including phenoxy) is 1. The van der Waals surface area contributed by atoms with Gasteiger partial charge in [0, 0.05) is 39.6 Å². The van der Waals surface area contributed by atoms with Crippen LogP contribution in [-0.4, -0.2) is 27.0 Å². The number of nitrogen functional groups attached to an aromatic ring is 1. The molecule has 0 saturated heterocycles. The van der Waals surface area contributed by atoms with Crippen molar-refractivity contribution >= 4 is 45.8 Å². The van der Waals surface area contributed by atoms with E-state index in [2.05, 4.69) is 10.3 Å². The van der Waals surface area contributed by atoms with Crippen molar-refractivity contribution in [1.82, 2.24) is 9.55 Å². The van der Waals surface area contributed by atoms with Crippen LogP contribution in [0.4, 0.5) is 15.8 Å². The third-order valence-corrected chi connectivity index (χ3v) is 6.65. The van der Waals surface area contributed by atoms with Crippen molar-refractivity contribution in [3.8, 4) is 11.1 Å². The van der Waals surface area contributed by atoms with Crippen molar-refractivity contribution in [2.24, 2.45) is 0 Å². The Bertz CT molecular complexity index is 1670. The van der Waals surface area contributed by atoms with E-state index < -0.39 is 29.0 Å². The van der Waals surface area contributed by atoms with Crippen LogP contribution in [0.5, 0.6) is 0 Å². The number of nitrogens with two attached hydrogens (primary N) is 1. The van der Waals surface area contributed by atoms with E-state index >= 15 is 0 Å². The van der Waals surface area contributed by atoms with Crippen molar-refractivity contribution in [1.29, 1.82) is 0 Å². The number of hydrogen-bond acceptors (Lipinski definition) is 5. The van der Waals surface area contributed by atoms with E-state index in [0.29, 0.717) is 41.0 Å². The smallest absolute Gasteiger partial charge is 0.355 e. The monoisotopic (exact) mass is 536 g/mol. The molecule has 0 radical (unpaired) electrons. The number of aromatic amines is 1. The van der Waals surface area contributed by atoms with Crippen LogP contribution in [0.3, 0.4) is 0 Å². The van der Waals surface area contributed by atoms with Crippen LogP contribution < -0.4 is 16.6 Å². The van der Waals surface area contributed by atoms with Crippen LogP contribution in [0, 0.1) is 5.82 Å². The minimum Gasteiger partial charge on any atom is -0.455 e. The number of aryl methyl sites for hydroxylation is 1. The molecule has 10 heteroatoms. The molecule has 1 amide bonds. The fraction of sp³-hybridized carbons (Fsp3) is 0.250. The van der Waals surface area contributed by atoms with Crippen molar-refractivity contribution in [2.75, 3.05) is 11.1 Å². The molecule has 3 heterocycles. The number of nitrogens with one attached hydrogen (secondary N) is 2. The van der Waals surface area contributed by atoms with Crippen molar-refractivity contribution in [3.63, 3.8) is 0 Å². The molecule has 0 fully saturated rings. The second kappa shape index (κ2) is 9.33. The van der Waals surface area contributed by atoms with Gasteiger partial charge in [-0.15, -0.1) is 0 Å². The van der Waals surface area contributed by atoms with Gasteiger partial charge in [0.05, 0.1) is 5.02 Å². The van der Waals surface area contributed by atoms with Gasteiger partial charge in [0.25, 0.3) is 5.56 Å². The maximum Gasteiger partial charge on any atom is 0.355 e. The number of hydrogen-bond donors (Lipinski definition) is 3. The number of pyridine rings is 1. The highest BCUT2D eigenvalue weighted by Gasteiger charge is 2.30. The van der Waals surface area contributed by atoms with Crippen molar-refractivity contribution in [3.05, 3.63) is 81.1 Å². The molecule has 0 bridgehead atoms. The van der Waals surface area contributed by atoms with Crippen molar-refractivity contribution < 1.29 is 18.7 Å². The predicted molar refractivity (Wildman–Crippen MR) is 145 cm³/mol. The molecule has 8 nitrogen and oxygen atoms in total. The number of halogens is 2. The van der Waals surface area contributed by atoms with Crippen LogP contribution in [0.15, 0.2) is 53.3 Å². The fourth-order valence-corrected chi connectivity index (χ4v) is 4.88. The summed E-state index contributed by atoms with van der Waals surface area (Å²) in [6.07, 6.45) is 0.868. The van der Waals surface area contributed by atoms with E-state index in [1.165, 1.54) is 22.8 Å². The zero-order valence-corrected chi connectivity index (χ0v) is 21.8. The van der Waals surface area contributed by atoms with Gasteiger partial charge in [-0.1, -0.05) is 11.6 Å². The number of carbonyl (C=O) groups excluding carboxylic acids is 2. The second-order valence-corrected chi connectivity index (χ2v) is 10.7. The third-order valence-electron chi connectivity index (χ3n) is 6.36. The van der Waals surface area contributed by atoms with Gasteiger partial charge >= 0.3 is 5.97 Å². The normalized spacial score (nSPS) is 14.9. The number of carbonyl (C=O) groups is 2. The maximum atomic E-state index is 14.7. The lowest BCUT2D eigenvalue weighted by Crippen LogP contribution is -2.31. The summed E-state index contributed by atoms with van der Waals surface area (Å²) < 4.78 is 21.5. The summed E-state index contributed by atoms with van der Waals surface area (Å²) in [5.74, 6) is -1.52. The SMILES string of the molecule is CC(C)(C)OC(=O)c1cc2cc(NC(=O)[C@@H]3CCc4cc(-c5c(N)ccc(Cl)c5F)cc(=O)n43)ccc2[nH]1. The first-order chi connectivity index (χ1) is 17.9. The zero-order valence-electron chi connectivity index (χ0n) is 21.0. The number of nitrogens with zero attached hydrogens (tertiary/aromatic N) is 1. The van der Waals surface area contributed by atoms with Crippen LogP contribution in [-0.2, 0) is 16.0 Å². The minimum atomic E-state index is -0.729. The number of fused-ring (bicyclic) bond motifs is 2. The van der Waals surface area contributed by atoms with Gasteiger partial charge in [-0.2, -0.15) is 0 Å². The molecule has 1 atom stereocenters. The Morgan fingerprint density at radius 2 is 1.92 bits per heavy atom. The summed E-state index contributed by atoms with van der Waals surface area (Å²) in [5.41, 5.74) is 7.60. The number of esters is 1. The number of H-pyrrole nitrogens is 1. The zero-order chi connectivity index (χ0) is 27.4. The second-order valence-electron chi connectivity index (χ2n) is 10.3. The Kier molecular flexibility index (Phi) is 6.27. The third kappa shape index (κ3) is 4.77. The van der Waals surface area contributed by atoms with E-state index in [-0.39, 0.29) is 22.2 Å². The average molecular weight is 537 g/mol. The Morgan fingerprint density at radius 3 is 2.66 bits per heavy atom. The van der Waals surface area contributed by atoms with E-state index in [4.69, 9.17) is 22.1 Å². The van der Waals surface area contributed by atoms with Crippen molar-refractivity contribution in [2.45, 2.75) is 45.3 Å². The molecule has 5 rings (SSSR count). The van der Waals surface area contributed by atoms with Crippen LogP contribution in [0.1, 0.15) is 49.4 Å². The number of benzene rings is 2. The lowest BCUT2D eigenvalue weighted by atomic mass is 10.0. The molecular formula is C28H26ClFN4O4. The molecule has 2 aromatic heterocycles. The van der Waals surface area contributed by atoms with Gasteiger partial charge in [-0.25, -0.2) is 9.18 Å². The fourth-order valence-electron chi connectivity index (χ4n) is 4.73. The van der Waals surface area contributed by atoms with Gasteiger partial charge in [0.1, 0.15) is 17.3 Å². The summed E-state index contributed by atoms with van der Waals surface area (Å²) in [6.45, 7) is 5.37. The van der Waals surface area contributed by atoms with E-state index in [1.54, 1.807) is 51.1 Å². The lowest BCUT2D eigenvalue weighted by Gasteiger charge is -2.18. The van der Waals surface area contributed by atoms with E-state index in [0.717, 1.165) is 5.39 Å². The highest BCUT2D eigenvalue weighted by molar-refractivity contribution is 6.31. The average Bonchev–Trinajstić information content (AvgIpc) is 3.45. The Morgan fingerprint density at radius 1 is 1.16 bits per heavy atom. The Hall–Kier alpha value is -4.11. The maximum absolute atomic E-state index is 14.7. The van der Waals surface area contributed by atoms with E-state index in [9.17, 15) is 18.8 Å². The first-order valence-electron chi connectivity index (χ1n) is 12.1. The molecule has 0 saturated carbocycles. The van der Waals surface area contributed by atoms with Crippen LogP contribution >= 0.6 is 11.6 Å². The van der Waals surface area contributed by atoms with Crippen LogP contribution in [0.2, 0.25) is 5.02 Å². The molecule has 196 valence electrons. The molecule has 38 heavy (non-hydrogen) atoms. The van der Waals surface area contributed by atoms with E-state index in [1.807, 2.05) is 0 Å². The van der Waals surface area contributed by atoms with Crippen LogP contribution in [0.25, 0.3) is 22.0 Å². The van der Waals surface area contributed by atoms with Gasteiger partial charge in [-0.05, 0) is 81.6 Å². The molecule has 1 aliphatic heterocycles. The first-order valence-corrected chi connectivity index (χ1v) is 12.5. The highest BCUT2D eigenvalue weighted by atomic mass is 35.5. The summed E-state index contributed by atoms with van der Waals surface area (Å²) in [6, 6.07) is 11.9. The first kappa shape index (κ1) is 25.5. The number of aromatic nitrogens is 2. The predicted octanol–water partition coefficient (Wildman–Crippen LogP) is 5.45. The largest absolute Gasteiger partial charge is 0.455 e. The van der Waals surface area contributed by atoms with Gasteiger partial charge < -0.3 is 25.3 Å². The molecule has 0 unspecified atom stereocenters. The van der Waals surface area contributed by atoms with Gasteiger partial charge in [-0.3, -0.25) is 9.59 Å². The number of rotatable bonds is 4.